The number of nitrogens with two attached hydrogens (primary N) is 1. The molecule has 1 saturated heterocycles. The molecule has 9 nitrogen and oxygen atoms in total. The highest BCUT2D eigenvalue weighted by atomic mass is 32.2. The molecular formula is C20H24N4O5S. The fourth-order valence-corrected chi connectivity index (χ4v) is 5.50. The molecule has 1 aromatic carbocycles. The summed E-state index contributed by atoms with van der Waals surface area (Å²) in [7, 11) is -3.79. The number of benzene rings is 1. The van der Waals surface area contributed by atoms with E-state index in [0.29, 0.717) is 18.8 Å². The zero-order valence-corrected chi connectivity index (χ0v) is 17.4. The van der Waals surface area contributed by atoms with E-state index in [2.05, 4.69) is 10.5 Å². The summed E-state index contributed by atoms with van der Waals surface area (Å²) < 4.78 is 32.7. The van der Waals surface area contributed by atoms with Gasteiger partial charge in [-0.05, 0) is 50.8 Å². The van der Waals surface area contributed by atoms with E-state index < -0.39 is 15.9 Å². The van der Waals surface area contributed by atoms with E-state index >= 15 is 0 Å². The third-order valence-corrected chi connectivity index (χ3v) is 7.63. The van der Waals surface area contributed by atoms with Crippen LogP contribution in [0.4, 0.5) is 0 Å². The van der Waals surface area contributed by atoms with Crippen LogP contribution in [-0.4, -0.2) is 48.3 Å². The molecule has 2 atom stereocenters. The van der Waals surface area contributed by atoms with Crippen LogP contribution < -0.4 is 11.1 Å². The SMILES string of the molecule is C[C@H]1C[C@@H](NC(=O)c2cc(C3CC3)on2)CCN1S(=O)(=O)c1cccc(C(N)=O)c1. The molecule has 4 rings (SSSR count). The Morgan fingerprint density at radius 1 is 1.23 bits per heavy atom. The number of nitrogens with zero attached hydrogens (tertiary/aromatic N) is 2. The number of aromatic nitrogens is 1. The lowest BCUT2D eigenvalue weighted by Crippen LogP contribution is -2.50. The van der Waals surface area contributed by atoms with Gasteiger partial charge in [-0.25, -0.2) is 8.42 Å². The van der Waals surface area contributed by atoms with Crippen molar-refractivity contribution in [3.63, 3.8) is 0 Å². The molecule has 1 aliphatic heterocycles. The number of nitrogens with one attached hydrogen (secondary N) is 1. The molecule has 1 aromatic heterocycles. The van der Waals surface area contributed by atoms with Crippen LogP contribution in [0.25, 0.3) is 0 Å². The second-order valence-corrected chi connectivity index (χ2v) is 9.83. The third-order valence-electron chi connectivity index (χ3n) is 5.62. The van der Waals surface area contributed by atoms with E-state index in [4.69, 9.17) is 10.3 Å². The molecule has 160 valence electrons. The lowest BCUT2D eigenvalue weighted by Gasteiger charge is -2.36. The molecule has 0 radical (unpaired) electrons. The first kappa shape index (κ1) is 20.5. The van der Waals surface area contributed by atoms with Gasteiger partial charge in [0.05, 0.1) is 4.90 Å². The third kappa shape index (κ3) is 4.10. The summed E-state index contributed by atoms with van der Waals surface area (Å²) in [6.07, 6.45) is 3.05. The predicted molar refractivity (Wildman–Crippen MR) is 107 cm³/mol. The lowest BCUT2D eigenvalue weighted by atomic mass is 10.0. The summed E-state index contributed by atoms with van der Waals surface area (Å²) in [6, 6.07) is 6.90. The Balaban J connectivity index is 1.41. The fraction of sp³-hybridized carbons (Fsp3) is 0.450. The summed E-state index contributed by atoms with van der Waals surface area (Å²) in [5.41, 5.74) is 5.66. The largest absolute Gasteiger partial charge is 0.366 e. The molecule has 1 aliphatic carbocycles. The van der Waals surface area contributed by atoms with Gasteiger partial charge in [0.2, 0.25) is 15.9 Å². The average Bonchev–Trinajstić information content (AvgIpc) is 3.44. The molecule has 2 heterocycles. The number of amides is 2. The molecule has 1 saturated carbocycles. The molecule has 0 unspecified atom stereocenters. The second kappa shape index (κ2) is 7.84. The van der Waals surface area contributed by atoms with Gasteiger partial charge in [0.25, 0.3) is 5.91 Å². The maximum absolute atomic E-state index is 13.1. The maximum atomic E-state index is 13.1. The molecule has 2 aromatic rings. The zero-order chi connectivity index (χ0) is 21.5. The molecule has 2 amide bonds. The van der Waals surface area contributed by atoms with Crippen LogP contribution in [0, 0.1) is 0 Å². The van der Waals surface area contributed by atoms with Crippen molar-refractivity contribution in [2.45, 2.75) is 55.5 Å². The Bertz CT molecular complexity index is 1080. The van der Waals surface area contributed by atoms with Crippen molar-refractivity contribution >= 4 is 21.8 Å². The molecule has 0 spiro atoms. The van der Waals surface area contributed by atoms with Gasteiger partial charge in [0.1, 0.15) is 5.76 Å². The Morgan fingerprint density at radius 3 is 2.67 bits per heavy atom. The maximum Gasteiger partial charge on any atom is 0.273 e. The average molecular weight is 433 g/mol. The summed E-state index contributed by atoms with van der Waals surface area (Å²) >= 11 is 0. The number of hydrogen-bond donors (Lipinski definition) is 2. The van der Waals surface area contributed by atoms with Crippen LogP contribution in [0.1, 0.15) is 65.1 Å². The van der Waals surface area contributed by atoms with E-state index in [-0.39, 0.29) is 40.7 Å². The molecule has 0 bridgehead atoms. The van der Waals surface area contributed by atoms with Crippen LogP contribution in [0.2, 0.25) is 0 Å². The molecule has 3 N–H and O–H groups in total. The first-order valence-corrected chi connectivity index (χ1v) is 11.4. The Labute approximate surface area is 174 Å². The summed E-state index contributed by atoms with van der Waals surface area (Å²) in [5, 5.41) is 6.78. The molecule has 30 heavy (non-hydrogen) atoms. The van der Waals surface area contributed by atoms with Gasteiger partial charge in [-0.3, -0.25) is 9.59 Å². The predicted octanol–water partition coefficient (Wildman–Crippen LogP) is 1.62. The topological polar surface area (TPSA) is 136 Å². The Hall–Kier alpha value is -2.72. The monoisotopic (exact) mass is 432 g/mol. The minimum absolute atomic E-state index is 0.0309. The highest BCUT2D eigenvalue weighted by molar-refractivity contribution is 7.89. The summed E-state index contributed by atoms with van der Waals surface area (Å²) in [4.78, 5) is 23.9. The fourth-order valence-electron chi connectivity index (χ4n) is 3.80. The van der Waals surface area contributed by atoms with Crippen molar-refractivity contribution in [2.75, 3.05) is 6.54 Å². The minimum Gasteiger partial charge on any atom is -0.366 e. The van der Waals surface area contributed by atoms with Crippen molar-refractivity contribution in [1.29, 1.82) is 0 Å². The van der Waals surface area contributed by atoms with E-state index in [1.165, 1.54) is 28.6 Å². The van der Waals surface area contributed by atoms with Gasteiger partial charge in [-0.15, -0.1) is 0 Å². The second-order valence-electron chi connectivity index (χ2n) is 7.94. The Morgan fingerprint density at radius 2 is 2.00 bits per heavy atom. The summed E-state index contributed by atoms with van der Waals surface area (Å²) in [5.74, 6) is 0.126. The zero-order valence-electron chi connectivity index (χ0n) is 16.6. The van der Waals surface area contributed by atoms with E-state index in [1.54, 1.807) is 13.0 Å². The first-order valence-electron chi connectivity index (χ1n) is 9.95. The minimum atomic E-state index is -3.79. The highest BCUT2D eigenvalue weighted by Gasteiger charge is 2.36. The van der Waals surface area contributed by atoms with Crippen molar-refractivity contribution in [3.05, 3.63) is 47.3 Å². The molecule has 2 aliphatic rings. The van der Waals surface area contributed by atoms with Crippen molar-refractivity contribution in [1.82, 2.24) is 14.8 Å². The van der Waals surface area contributed by atoms with Crippen molar-refractivity contribution in [2.24, 2.45) is 5.73 Å². The van der Waals surface area contributed by atoms with Crippen LogP contribution in [-0.2, 0) is 10.0 Å². The first-order chi connectivity index (χ1) is 14.3. The number of rotatable bonds is 6. The number of carbonyl (C=O) groups excluding carboxylic acids is 2. The van der Waals surface area contributed by atoms with Gasteiger partial charge in [0.15, 0.2) is 5.69 Å². The smallest absolute Gasteiger partial charge is 0.273 e. The molecule has 10 heteroatoms. The van der Waals surface area contributed by atoms with Gasteiger partial charge < -0.3 is 15.6 Å². The number of sulfonamides is 1. The standard InChI is InChI=1S/C20H24N4O5S/c1-12-9-15(22-20(26)17-11-18(29-23-17)13-5-6-13)7-8-24(12)30(27,28)16-4-2-3-14(10-16)19(21)25/h2-4,10-13,15H,5-9H2,1H3,(H2,21,25)(H,22,26)/t12-,15-/m0/s1. The summed E-state index contributed by atoms with van der Waals surface area (Å²) in [6.45, 7) is 2.05. The van der Waals surface area contributed by atoms with Crippen LogP contribution in [0.3, 0.4) is 0 Å². The number of carbonyl (C=O) groups is 2. The van der Waals surface area contributed by atoms with Crippen molar-refractivity contribution in [3.8, 4) is 0 Å². The number of hydrogen-bond acceptors (Lipinski definition) is 6. The van der Waals surface area contributed by atoms with E-state index in [9.17, 15) is 18.0 Å². The van der Waals surface area contributed by atoms with Crippen molar-refractivity contribution < 1.29 is 22.5 Å². The number of piperidine rings is 1. The highest BCUT2D eigenvalue weighted by Crippen LogP contribution is 2.40. The van der Waals surface area contributed by atoms with Crippen LogP contribution in [0.5, 0.6) is 0 Å². The lowest BCUT2D eigenvalue weighted by molar-refractivity contribution is 0.0904. The van der Waals surface area contributed by atoms with Gasteiger partial charge >= 0.3 is 0 Å². The van der Waals surface area contributed by atoms with E-state index in [0.717, 1.165) is 18.6 Å². The van der Waals surface area contributed by atoms with Gasteiger partial charge in [-0.1, -0.05) is 11.2 Å². The number of primary amides is 1. The van der Waals surface area contributed by atoms with Gasteiger partial charge in [-0.2, -0.15) is 4.31 Å². The van der Waals surface area contributed by atoms with Crippen LogP contribution in [0.15, 0.2) is 39.8 Å². The van der Waals surface area contributed by atoms with Crippen LogP contribution >= 0.6 is 0 Å². The molecule has 2 fully saturated rings. The Kier molecular flexibility index (Phi) is 5.37. The quantitative estimate of drug-likeness (QED) is 0.712. The molecular weight excluding hydrogens is 408 g/mol. The van der Waals surface area contributed by atoms with E-state index in [1.807, 2.05) is 0 Å². The normalized spacial score (nSPS) is 22.6. The van der Waals surface area contributed by atoms with Gasteiger partial charge in [0, 0.05) is 36.2 Å².